The van der Waals surface area contributed by atoms with Crippen molar-refractivity contribution in [3.63, 3.8) is 0 Å². The Balaban J connectivity index is 2.07. The van der Waals surface area contributed by atoms with Crippen LogP contribution in [-0.2, 0) is 6.54 Å². The lowest BCUT2D eigenvalue weighted by Crippen LogP contribution is -2.26. The largest absolute Gasteiger partial charge is 0.390 e. The van der Waals surface area contributed by atoms with Gasteiger partial charge in [-0.1, -0.05) is 54.1 Å². The van der Waals surface area contributed by atoms with Crippen LogP contribution in [0.3, 0.4) is 0 Å². The lowest BCUT2D eigenvalue weighted by Gasteiger charge is -2.21. The van der Waals surface area contributed by atoms with Crippen molar-refractivity contribution >= 4 is 11.6 Å². The van der Waals surface area contributed by atoms with E-state index in [-0.39, 0.29) is 0 Å². The van der Waals surface area contributed by atoms with Gasteiger partial charge in [0.1, 0.15) is 0 Å². The molecule has 2 aromatic rings. The second kappa shape index (κ2) is 6.96. The molecular weight excluding hydrogens is 299 g/mol. The molecule has 0 aliphatic rings. The molecule has 1 nitrogen and oxygen atoms in total. The maximum atomic E-state index is 12.7. The minimum atomic E-state index is -4.21. The van der Waals surface area contributed by atoms with Crippen LogP contribution in [0.15, 0.2) is 54.6 Å². The van der Waals surface area contributed by atoms with Gasteiger partial charge in [-0.15, -0.1) is 0 Å². The van der Waals surface area contributed by atoms with Crippen molar-refractivity contribution in [2.75, 3.05) is 0 Å². The van der Waals surface area contributed by atoms with Crippen LogP contribution >= 0.6 is 11.6 Å². The number of alkyl halides is 3. The third-order valence-corrected chi connectivity index (χ3v) is 3.36. The molecule has 2 rings (SSSR count). The second-order valence-corrected chi connectivity index (χ2v) is 5.23. The Morgan fingerprint density at radius 1 is 0.952 bits per heavy atom. The summed E-state index contributed by atoms with van der Waals surface area (Å²) in [6, 6.07) is 14.9. The molecule has 112 valence electrons. The average Bonchev–Trinajstić information content (AvgIpc) is 2.45. The molecule has 21 heavy (non-hydrogen) atoms. The molecule has 0 aliphatic carbocycles. The van der Waals surface area contributed by atoms with E-state index in [9.17, 15) is 13.2 Å². The predicted octanol–water partition coefficient (Wildman–Crippen LogP) is 5.12. The fourth-order valence-corrected chi connectivity index (χ4v) is 2.19. The van der Waals surface area contributed by atoms with Crippen LogP contribution in [0.4, 0.5) is 13.2 Å². The third-order valence-electron chi connectivity index (χ3n) is 3.10. The Bertz CT molecular complexity index is 552. The van der Waals surface area contributed by atoms with Gasteiger partial charge in [-0.05, 0) is 23.3 Å². The Labute approximate surface area is 126 Å². The maximum Gasteiger partial charge on any atom is 0.390 e. The monoisotopic (exact) mass is 313 g/mol. The van der Waals surface area contributed by atoms with Crippen LogP contribution in [0, 0.1) is 0 Å². The van der Waals surface area contributed by atoms with E-state index < -0.39 is 18.6 Å². The number of rotatable bonds is 5. The van der Waals surface area contributed by atoms with E-state index in [2.05, 4.69) is 5.32 Å². The first-order valence-corrected chi connectivity index (χ1v) is 6.91. The summed E-state index contributed by atoms with van der Waals surface area (Å²) >= 11 is 5.79. The van der Waals surface area contributed by atoms with Crippen molar-refractivity contribution in [2.45, 2.75) is 25.2 Å². The molecular formula is C16H15ClF3N. The molecule has 1 N–H and O–H groups in total. The molecule has 0 saturated carbocycles. The summed E-state index contributed by atoms with van der Waals surface area (Å²) in [5.74, 6) is 0. The smallest absolute Gasteiger partial charge is 0.306 e. The van der Waals surface area contributed by atoms with Crippen molar-refractivity contribution in [3.05, 3.63) is 70.7 Å². The summed E-state index contributed by atoms with van der Waals surface area (Å²) in [5.41, 5.74) is 1.52. The number of hydrogen-bond donors (Lipinski definition) is 1. The Morgan fingerprint density at radius 3 is 2.14 bits per heavy atom. The third kappa shape index (κ3) is 5.40. The molecule has 0 aromatic heterocycles. The molecule has 2 aromatic carbocycles. The molecule has 0 bridgehead atoms. The first-order valence-electron chi connectivity index (χ1n) is 6.53. The molecule has 1 atom stereocenters. The van der Waals surface area contributed by atoms with Crippen molar-refractivity contribution < 1.29 is 13.2 Å². The van der Waals surface area contributed by atoms with Gasteiger partial charge in [-0.2, -0.15) is 13.2 Å². The Hall–Kier alpha value is -1.52. The molecule has 0 fully saturated rings. The fraction of sp³-hybridized carbons (Fsp3) is 0.250. The van der Waals surface area contributed by atoms with Gasteiger partial charge >= 0.3 is 6.18 Å². The maximum absolute atomic E-state index is 12.7. The Kier molecular flexibility index (Phi) is 5.26. The summed E-state index contributed by atoms with van der Waals surface area (Å²) in [5, 5.41) is 3.57. The van der Waals surface area contributed by atoms with E-state index in [0.717, 1.165) is 5.56 Å². The van der Waals surface area contributed by atoms with Crippen LogP contribution in [0.5, 0.6) is 0 Å². The summed E-state index contributed by atoms with van der Waals surface area (Å²) in [6.45, 7) is 0.354. The highest BCUT2D eigenvalue weighted by atomic mass is 35.5. The topological polar surface area (TPSA) is 12.0 Å². The van der Waals surface area contributed by atoms with Crippen molar-refractivity contribution in [3.8, 4) is 0 Å². The summed E-state index contributed by atoms with van der Waals surface area (Å²) < 4.78 is 38.1. The van der Waals surface area contributed by atoms with E-state index in [4.69, 9.17) is 11.6 Å². The van der Waals surface area contributed by atoms with Crippen molar-refractivity contribution in [1.29, 1.82) is 0 Å². The van der Waals surface area contributed by atoms with Gasteiger partial charge in [0.25, 0.3) is 0 Å². The minimum Gasteiger partial charge on any atom is -0.306 e. The molecule has 0 heterocycles. The van der Waals surface area contributed by atoms with Gasteiger partial charge < -0.3 is 5.32 Å². The van der Waals surface area contributed by atoms with Gasteiger partial charge in [-0.25, -0.2) is 0 Å². The van der Waals surface area contributed by atoms with Crippen LogP contribution in [0.2, 0.25) is 5.02 Å². The van der Waals surface area contributed by atoms with Crippen LogP contribution < -0.4 is 5.32 Å². The molecule has 0 saturated heterocycles. The Morgan fingerprint density at radius 2 is 1.57 bits per heavy atom. The van der Waals surface area contributed by atoms with Crippen molar-refractivity contribution in [1.82, 2.24) is 5.32 Å². The number of benzene rings is 2. The number of halogens is 4. The van der Waals surface area contributed by atoms with Gasteiger partial charge in [0, 0.05) is 17.6 Å². The average molecular weight is 314 g/mol. The lowest BCUT2D eigenvalue weighted by molar-refractivity contribution is -0.140. The second-order valence-electron chi connectivity index (χ2n) is 4.79. The number of nitrogens with one attached hydrogen (secondary N) is 1. The normalized spacial score (nSPS) is 13.1. The fourth-order valence-electron chi connectivity index (χ4n) is 2.07. The molecule has 1 unspecified atom stereocenters. The molecule has 0 radical (unpaired) electrons. The lowest BCUT2D eigenvalue weighted by atomic mass is 10.0. The van der Waals surface area contributed by atoms with Gasteiger partial charge in [0.15, 0.2) is 0 Å². The van der Waals surface area contributed by atoms with Crippen LogP contribution in [0.1, 0.15) is 23.6 Å². The zero-order valence-corrected chi connectivity index (χ0v) is 12.0. The van der Waals surface area contributed by atoms with Gasteiger partial charge in [0.2, 0.25) is 0 Å². The van der Waals surface area contributed by atoms with Gasteiger partial charge in [-0.3, -0.25) is 0 Å². The summed E-state index contributed by atoms with van der Waals surface area (Å²) in [4.78, 5) is 0. The zero-order chi connectivity index (χ0) is 15.3. The van der Waals surface area contributed by atoms with Gasteiger partial charge in [0.05, 0.1) is 6.42 Å². The van der Waals surface area contributed by atoms with E-state index in [1.807, 2.05) is 0 Å². The predicted molar refractivity (Wildman–Crippen MR) is 78.1 cm³/mol. The van der Waals surface area contributed by atoms with E-state index in [0.29, 0.717) is 17.1 Å². The first kappa shape index (κ1) is 15.9. The highest BCUT2D eigenvalue weighted by molar-refractivity contribution is 6.30. The molecule has 5 heteroatoms. The summed E-state index contributed by atoms with van der Waals surface area (Å²) in [7, 11) is 0. The standard InChI is InChI=1S/C16H15ClF3N/c17-14-8-6-12(7-9-14)11-21-15(10-16(18,19)20)13-4-2-1-3-5-13/h1-9,15,21H,10-11H2. The highest BCUT2D eigenvalue weighted by Crippen LogP contribution is 2.29. The SMILES string of the molecule is FC(F)(F)CC(NCc1ccc(Cl)cc1)c1ccccc1. The first-order chi connectivity index (χ1) is 9.94. The molecule has 0 amide bonds. The molecule has 0 aliphatic heterocycles. The zero-order valence-electron chi connectivity index (χ0n) is 11.2. The van der Waals surface area contributed by atoms with E-state index in [1.165, 1.54) is 0 Å². The highest BCUT2D eigenvalue weighted by Gasteiger charge is 2.32. The van der Waals surface area contributed by atoms with Crippen LogP contribution in [-0.4, -0.2) is 6.18 Å². The number of hydrogen-bond acceptors (Lipinski definition) is 1. The quantitative estimate of drug-likeness (QED) is 0.807. The van der Waals surface area contributed by atoms with E-state index >= 15 is 0 Å². The minimum absolute atomic E-state index is 0.354. The van der Waals surface area contributed by atoms with Crippen molar-refractivity contribution in [2.24, 2.45) is 0 Å². The molecule has 0 spiro atoms. The summed E-state index contributed by atoms with van der Waals surface area (Å²) in [6.07, 6.45) is -5.11. The van der Waals surface area contributed by atoms with E-state index in [1.54, 1.807) is 54.6 Å². The van der Waals surface area contributed by atoms with Crippen LogP contribution in [0.25, 0.3) is 0 Å².